The number of ketones is 1. The number of aryl methyl sites for hydroxylation is 1. The number of aliphatic carboxylic acids is 1. The van der Waals surface area contributed by atoms with Crippen LogP contribution in [0.3, 0.4) is 0 Å². The van der Waals surface area contributed by atoms with Gasteiger partial charge in [0.05, 0.1) is 23.0 Å². The molecular formula is C18H15FN2O3. The molecule has 0 unspecified atom stereocenters. The summed E-state index contributed by atoms with van der Waals surface area (Å²) in [6, 6.07) is 11.2. The van der Waals surface area contributed by atoms with Crippen molar-refractivity contribution in [2.45, 2.75) is 19.9 Å². The van der Waals surface area contributed by atoms with Gasteiger partial charge >= 0.3 is 5.97 Å². The molecule has 6 heteroatoms. The van der Waals surface area contributed by atoms with Crippen LogP contribution in [0.2, 0.25) is 0 Å². The number of carboxylic acid groups (broad SMARTS) is 1. The van der Waals surface area contributed by atoms with E-state index in [-0.39, 0.29) is 18.7 Å². The van der Waals surface area contributed by atoms with Crippen LogP contribution in [0.4, 0.5) is 4.39 Å². The van der Waals surface area contributed by atoms with Crippen LogP contribution in [0.15, 0.2) is 42.5 Å². The lowest BCUT2D eigenvalue weighted by atomic mass is 10.1. The Bertz CT molecular complexity index is 947. The van der Waals surface area contributed by atoms with Crippen LogP contribution < -0.4 is 0 Å². The summed E-state index contributed by atoms with van der Waals surface area (Å²) in [6.45, 7) is 1.62. The number of aromatic nitrogens is 2. The molecule has 0 amide bonds. The first kappa shape index (κ1) is 15.9. The Morgan fingerprint density at radius 3 is 2.62 bits per heavy atom. The van der Waals surface area contributed by atoms with Crippen LogP contribution >= 0.6 is 0 Å². The van der Waals surface area contributed by atoms with E-state index >= 15 is 0 Å². The van der Waals surface area contributed by atoms with Gasteiger partial charge in [-0.2, -0.15) is 0 Å². The zero-order chi connectivity index (χ0) is 17.3. The zero-order valence-electron chi connectivity index (χ0n) is 13.0. The van der Waals surface area contributed by atoms with E-state index in [4.69, 9.17) is 5.11 Å². The molecule has 1 N–H and O–H groups in total. The molecule has 0 atom stereocenters. The third-order valence-electron chi connectivity index (χ3n) is 3.82. The Hall–Kier alpha value is -3.02. The molecule has 0 aliphatic rings. The Morgan fingerprint density at radius 2 is 1.96 bits per heavy atom. The summed E-state index contributed by atoms with van der Waals surface area (Å²) in [5, 5.41) is 8.96. The number of carbonyl (C=O) groups excluding carboxylic acids is 1. The lowest BCUT2D eigenvalue weighted by Crippen LogP contribution is -2.06. The topological polar surface area (TPSA) is 72.2 Å². The Balaban J connectivity index is 2.22. The largest absolute Gasteiger partial charge is 0.481 e. The van der Waals surface area contributed by atoms with E-state index in [0.29, 0.717) is 28.0 Å². The summed E-state index contributed by atoms with van der Waals surface area (Å²) in [6.07, 6.45) is -0.110. The predicted octanol–water partition coefficient (Wildman–Crippen LogP) is 3.52. The molecule has 1 heterocycles. The summed E-state index contributed by atoms with van der Waals surface area (Å²) >= 11 is 0. The van der Waals surface area contributed by atoms with Crippen molar-refractivity contribution in [1.82, 2.24) is 9.55 Å². The van der Waals surface area contributed by atoms with E-state index < -0.39 is 11.8 Å². The average molecular weight is 326 g/mol. The fraction of sp³-hybridized carbons (Fsp3) is 0.167. The molecule has 3 aromatic rings. The SMILES string of the molecule is CC(=O)c1ccc2c(c1)nc(-c1ccccc1F)n2CCC(=O)O. The van der Waals surface area contributed by atoms with Crippen molar-refractivity contribution in [2.24, 2.45) is 0 Å². The number of rotatable bonds is 5. The standard InChI is InChI=1S/C18H15FN2O3/c1-11(22)12-6-7-16-15(10-12)20-18(21(16)9-8-17(23)24)13-4-2-3-5-14(13)19/h2-7,10H,8-9H2,1H3,(H,23,24). The second-order valence-corrected chi connectivity index (χ2v) is 5.47. The van der Waals surface area contributed by atoms with Gasteiger partial charge in [-0.25, -0.2) is 9.37 Å². The summed E-state index contributed by atoms with van der Waals surface area (Å²) < 4.78 is 15.8. The molecule has 3 rings (SSSR count). The molecule has 1 aromatic heterocycles. The van der Waals surface area contributed by atoms with Gasteiger partial charge in [-0.3, -0.25) is 9.59 Å². The molecule has 0 radical (unpaired) electrons. The highest BCUT2D eigenvalue weighted by Gasteiger charge is 2.17. The second kappa shape index (κ2) is 6.23. The highest BCUT2D eigenvalue weighted by atomic mass is 19.1. The maximum absolute atomic E-state index is 14.2. The highest BCUT2D eigenvalue weighted by molar-refractivity contribution is 5.97. The van der Waals surface area contributed by atoms with Crippen LogP contribution in [0.5, 0.6) is 0 Å². The van der Waals surface area contributed by atoms with E-state index in [1.165, 1.54) is 13.0 Å². The summed E-state index contributed by atoms with van der Waals surface area (Å²) in [5.74, 6) is -1.12. The number of carboxylic acids is 1. The number of Topliss-reactive ketones (excluding diaryl/α,β-unsaturated/α-hetero) is 1. The molecule has 2 aromatic carbocycles. The molecule has 0 saturated carbocycles. The van der Waals surface area contributed by atoms with Crippen molar-refractivity contribution in [2.75, 3.05) is 0 Å². The number of imidazole rings is 1. The van der Waals surface area contributed by atoms with E-state index in [9.17, 15) is 14.0 Å². The third-order valence-corrected chi connectivity index (χ3v) is 3.82. The molecule has 24 heavy (non-hydrogen) atoms. The van der Waals surface area contributed by atoms with Crippen molar-refractivity contribution in [3.05, 3.63) is 53.8 Å². The quantitative estimate of drug-likeness (QED) is 0.728. The van der Waals surface area contributed by atoms with Gasteiger partial charge in [0.15, 0.2) is 5.78 Å². The number of carbonyl (C=O) groups is 2. The lowest BCUT2D eigenvalue weighted by molar-refractivity contribution is -0.137. The maximum Gasteiger partial charge on any atom is 0.305 e. The summed E-state index contributed by atoms with van der Waals surface area (Å²) in [5.41, 5.74) is 2.00. The molecule has 0 aliphatic carbocycles. The number of halogens is 1. The summed E-state index contributed by atoms with van der Waals surface area (Å²) in [7, 11) is 0. The van der Waals surface area contributed by atoms with Crippen molar-refractivity contribution in [3.63, 3.8) is 0 Å². The molecule has 0 saturated heterocycles. The first-order valence-corrected chi connectivity index (χ1v) is 7.45. The normalized spacial score (nSPS) is 10.9. The molecule has 0 aliphatic heterocycles. The van der Waals surface area contributed by atoms with Crippen molar-refractivity contribution in [3.8, 4) is 11.4 Å². The van der Waals surface area contributed by atoms with Crippen molar-refractivity contribution in [1.29, 1.82) is 0 Å². The van der Waals surface area contributed by atoms with Crippen LogP contribution in [-0.4, -0.2) is 26.4 Å². The number of hydrogen-bond donors (Lipinski definition) is 1. The second-order valence-electron chi connectivity index (χ2n) is 5.47. The van der Waals surface area contributed by atoms with Crippen LogP contribution in [0.1, 0.15) is 23.7 Å². The monoisotopic (exact) mass is 326 g/mol. The Morgan fingerprint density at radius 1 is 1.21 bits per heavy atom. The fourth-order valence-corrected chi connectivity index (χ4v) is 2.63. The number of hydrogen-bond acceptors (Lipinski definition) is 3. The van der Waals surface area contributed by atoms with Gasteiger partial charge in [0, 0.05) is 12.1 Å². The van der Waals surface area contributed by atoms with Crippen LogP contribution in [0, 0.1) is 5.82 Å². The first-order valence-electron chi connectivity index (χ1n) is 7.45. The van der Waals surface area contributed by atoms with Crippen LogP contribution in [-0.2, 0) is 11.3 Å². The van der Waals surface area contributed by atoms with Gasteiger partial charge in [-0.15, -0.1) is 0 Å². The number of fused-ring (bicyclic) bond motifs is 1. The molecular weight excluding hydrogens is 311 g/mol. The Labute approximate surface area is 137 Å². The van der Waals surface area contributed by atoms with Gasteiger partial charge in [0.1, 0.15) is 11.6 Å². The van der Waals surface area contributed by atoms with E-state index in [2.05, 4.69) is 4.98 Å². The minimum absolute atomic E-state index is 0.0931. The lowest BCUT2D eigenvalue weighted by Gasteiger charge is -2.08. The smallest absolute Gasteiger partial charge is 0.305 e. The molecule has 122 valence electrons. The highest BCUT2D eigenvalue weighted by Crippen LogP contribution is 2.27. The molecule has 0 spiro atoms. The Kier molecular flexibility index (Phi) is 4.12. The van der Waals surface area contributed by atoms with Crippen molar-refractivity contribution >= 4 is 22.8 Å². The minimum atomic E-state index is -0.948. The predicted molar refractivity (Wildman–Crippen MR) is 87.4 cm³/mol. The van der Waals surface area contributed by atoms with Gasteiger partial charge in [0.25, 0.3) is 0 Å². The van der Waals surface area contributed by atoms with Crippen LogP contribution in [0.25, 0.3) is 22.4 Å². The van der Waals surface area contributed by atoms with Crippen molar-refractivity contribution < 1.29 is 19.1 Å². The molecule has 0 fully saturated rings. The fourth-order valence-electron chi connectivity index (χ4n) is 2.63. The minimum Gasteiger partial charge on any atom is -0.481 e. The first-order chi connectivity index (χ1) is 11.5. The van der Waals surface area contributed by atoms with E-state index in [1.54, 1.807) is 41.0 Å². The average Bonchev–Trinajstić information content (AvgIpc) is 2.90. The van der Waals surface area contributed by atoms with E-state index in [1.807, 2.05) is 0 Å². The number of nitrogens with zero attached hydrogens (tertiary/aromatic N) is 2. The van der Waals surface area contributed by atoms with E-state index in [0.717, 1.165) is 0 Å². The van der Waals surface area contributed by atoms with Gasteiger partial charge in [0.2, 0.25) is 0 Å². The van der Waals surface area contributed by atoms with Gasteiger partial charge in [-0.05, 0) is 37.3 Å². The third kappa shape index (κ3) is 2.90. The molecule has 5 nitrogen and oxygen atoms in total. The summed E-state index contributed by atoms with van der Waals surface area (Å²) in [4.78, 5) is 26.9. The zero-order valence-corrected chi connectivity index (χ0v) is 13.0. The van der Waals surface area contributed by atoms with Gasteiger partial charge in [-0.1, -0.05) is 12.1 Å². The van der Waals surface area contributed by atoms with Gasteiger partial charge < -0.3 is 9.67 Å². The maximum atomic E-state index is 14.2. The molecule has 0 bridgehead atoms. The number of benzene rings is 2.